The van der Waals surface area contributed by atoms with Gasteiger partial charge in [-0.15, -0.1) is 11.8 Å². The quantitative estimate of drug-likeness (QED) is 0.429. The molecular formula is C12H17KNPS2. The molecule has 1 unspecified atom stereocenters. The van der Waals surface area contributed by atoms with Crippen LogP contribution in [0.2, 0.25) is 0 Å². The molecule has 1 nitrogen and oxygen atoms in total. The van der Waals surface area contributed by atoms with Crippen LogP contribution in [0.4, 0.5) is 0 Å². The van der Waals surface area contributed by atoms with Gasteiger partial charge in [0.15, 0.2) is 0 Å². The third-order valence-electron chi connectivity index (χ3n) is 3.12. The molecule has 0 aliphatic carbocycles. The van der Waals surface area contributed by atoms with Crippen LogP contribution < -0.4 is 56.7 Å². The van der Waals surface area contributed by atoms with Gasteiger partial charge in [-0.05, 0) is 30.6 Å². The molecule has 88 valence electrons. The monoisotopic (exact) mass is 309 g/mol. The number of nitrogens with zero attached hydrogens (tertiary/aromatic N) is 1. The van der Waals surface area contributed by atoms with Gasteiger partial charge in [-0.2, -0.15) is 0 Å². The summed E-state index contributed by atoms with van der Waals surface area (Å²) in [6, 6.07) is 8.35. The van der Waals surface area contributed by atoms with Gasteiger partial charge in [0.05, 0.1) is 0 Å². The first-order valence-corrected chi connectivity index (χ1v) is 9.52. The third kappa shape index (κ3) is 4.14. The average molecular weight is 309 g/mol. The standard InChI is InChI=1S/C12H18NPS2.K/c1-11-7-3-4-8-12(11)14(15,16)13-9-5-2-6-10-13;/h3-4,7-8H,2,5-6,9-10H2,1H3,(H,15,16);/q;+1/p-1. The van der Waals surface area contributed by atoms with Crippen LogP contribution in [0.5, 0.6) is 0 Å². The smallest absolute Gasteiger partial charge is 0.727 e. The van der Waals surface area contributed by atoms with E-state index >= 15 is 0 Å². The molecule has 1 saturated heterocycles. The van der Waals surface area contributed by atoms with Crippen molar-refractivity contribution in [3.63, 3.8) is 0 Å². The van der Waals surface area contributed by atoms with Crippen LogP contribution in [-0.4, -0.2) is 17.8 Å². The summed E-state index contributed by atoms with van der Waals surface area (Å²) in [5.74, 6) is 0. The molecule has 0 bridgehead atoms. The van der Waals surface area contributed by atoms with Crippen molar-refractivity contribution in [1.82, 2.24) is 4.67 Å². The Labute approximate surface area is 157 Å². The van der Waals surface area contributed by atoms with E-state index in [2.05, 4.69) is 35.9 Å². The minimum Gasteiger partial charge on any atom is -0.727 e. The Balaban J connectivity index is 0.00000144. The van der Waals surface area contributed by atoms with Gasteiger partial charge >= 0.3 is 51.4 Å². The van der Waals surface area contributed by atoms with E-state index in [9.17, 15) is 0 Å². The summed E-state index contributed by atoms with van der Waals surface area (Å²) in [5, 5.41) is -0.684. The van der Waals surface area contributed by atoms with E-state index < -0.39 is 5.39 Å². The third-order valence-corrected chi connectivity index (χ3v) is 7.95. The number of rotatable bonds is 2. The van der Waals surface area contributed by atoms with Gasteiger partial charge in [0, 0.05) is 13.1 Å². The second kappa shape index (κ2) is 7.56. The fourth-order valence-corrected chi connectivity index (χ4v) is 6.29. The Morgan fingerprint density at radius 1 is 1.18 bits per heavy atom. The average Bonchev–Trinajstić information content (AvgIpc) is 2.30. The van der Waals surface area contributed by atoms with E-state index in [1.807, 2.05) is 0 Å². The second-order valence-electron chi connectivity index (χ2n) is 4.32. The predicted molar refractivity (Wildman–Crippen MR) is 77.9 cm³/mol. The predicted octanol–water partition coefficient (Wildman–Crippen LogP) is -0.0334. The fraction of sp³-hybridized carbons (Fsp3) is 0.500. The molecule has 1 aliphatic rings. The summed E-state index contributed by atoms with van der Waals surface area (Å²) in [4.78, 5) is 0. The molecule has 2 rings (SSSR count). The molecule has 0 aromatic heterocycles. The topological polar surface area (TPSA) is 3.24 Å². The zero-order chi connectivity index (χ0) is 11.6. The zero-order valence-electron chi connectivity index (χ0n) is 10.6. The Morgan fingerprint density at radius 3 is 2.35 bits per heavy atom. The maximum atomic E-state index is 5.77. The molecule has 0 saturated carbocycles. The molecule has 0 radical (unpaired) electrons. The molecule has 1 fully saturated rings. The SMILES string of the molecule is Cc1ccccc1P(=S)([S-])N1CCCCC1.[K+]. The van der Waals surface area contributed by atoms with Crippen LogP contribution >= 0.6 is 5.39 Å². The maximum absolute atomic E-state index is 5.77. The van der Waals surface area contributed by atoms with Gasteiger partial charge in [0.1, 0.15) is 0 Å². The van der Waals surface area contributed by atoms with E-state index in [0.717, 1.165) is 13.1 Å². The van der Waals surface area contributed by atoms with E-state index in [0.29, 0.717) is 0 Å². The van der Waals surface area contributed by atoms with Gasteiger partial charge in [-0.3, -0.25) is 4.67 Å². The first kappa shape index (κ1) is 16.9. The zero-order valence-corrected chi connectivity index (χ0v) is 16.2. The summed E-state index contributed by atoms with van der Waals surface area (Å²) in [6.45, 7) is 4.30. The molecule has 1 aliphatic heterocycles. The van der Waals surface area contributed by atoms with Crippen molar-refractivity contribution < 1.29 is 51.4 Å². The minimum absolute atomic E-state index is 0. The first-order valence-electron chi connectivity index (χ1n) is 5.75. The Kier molecular flexibility index (Phi) is 7.50. The molecule has 1 aromatic rings. The van der Waals surface area contributed by atoms with Crippen molar-refractivity contribution in [2.75, 3.05) is 13.1 Å². The molecule has 0 spiro atoms. The van der Waals surface area contributed by atoms with E-state index in [-0.39, 0.29) is 51.4 Å². The van der Waals surface area contributed by atoms with E-state index in [1.165, 1.54) is 30.1 Å². The minimum atomic E-state index is -1.91. The largest absolute Gasteiger partial charge is 1.00 e. The van der Waals surface area contributed by atoms with Gasteiger partial charge < -0.3 is 12.2 Å². The molecule has 1 atom stereocenters. The number of hydrogen-bond acceptors (Lipinski definition) is 2. The van der Waals surface area contributed by atoms with Crippen LogP contribution in [0.15, 0.2) is 24.3 Å². The normalized spacial score (nSPS) is 20.4. The van der Waals surface area contributed by atoms with Crippen molar-refractivity contribution in [1.29, 1.82) is 0 Å². The van der Waals surface area contributed by atoms with E-state index in [1.54, 1.807) is 0 Å². The fourth-order valence-electron chi connectivity index (χ4n) is 2.17. The Hall–Kier alpha value is 1.82. The molecular weight excluding hydrogens is 292 g/mol. The van der Waals surface area contributed by atoms with E-state index in [4.69, 9.17) is 24.1 Å². The van der Waals surface area contributed by atoms with Gasteiger partial charge in [-0.25, -0.2) is 0 Å². The molecule has 17 heavy (non-hydrogen) atoms. The second-order valence-corrected chi connectivity index (χ2v) is 10.3. The molecule has 1 heterocycles. The number of piperidine rings is 1. The summed E-state index contributed by atoms with van der Waals surface area (Å²) in [7, 11) is 0. The van der Waals surface area contributed by atoms with Gasteiger partial charge in [0.2, 0.25) is 0 Å². The van der Waals surface area contributed by atoms with Crippen molar-refractivity contribution in [2.45, 2.75) is 26.2 Å². The number of hydrogen-bond donors (Lipinski definition) is 0. The molecule has 0 N–H and O–H groups in total. The molecule has 0 amide bonds. The first-order chi connectivity index (χ1) is 7.62. The summed E-state index contributed by atoms with van der Waals surface area (Å²) >= 11 is 11.5. The van der Waals surface area contributed by atoms with Crippen LogP contribution in [0.1, 0.15) is 24.8 Å². The van der Waals surface area contributed by atoms with Gasteiger partial charge in [0.25, 0.3) is 0 Å². The number of benzene rings is 1. The van der Waals surface area contributed by atoms with Gasteiger partial charge in [-0.1, -0.05) is 36.1 Å². The molecule has 1 aromatic carbocycles. The summed E-state index contributed by atoms with van der Waals surface area (Å²) < 4.78 is 2.38. The Bertz CT molecular complexity index is 419. The van der Waals surface area contributed by atoms with Crippen LogP contribution in [0.25, 0.3) is 0 Å². The summed E-state index contributed by atoms with van der Waals surface area (Å²) in [5.41, 5.74) is 1.26. The number of aryl methyl sites for hydroxylation is 1. The van der Waals surface area contributed by atoms with Crippen molar-refractivity contribution in [3.8, 4) is 0 Å². The maximum Gasteiger partial charge on any atom is 1.00 e. The Morgan fingerprint density at radius 2 is 1.76 bits per heavy atom. The molecule has 5 heteroatoms. The van der Waals surface area contributed by atoms with Crippen molar-refractivity contribution in [2.24, 2.45) is 0 Å². The van der Waals surface area contributed by atoms with Crippen LogP contribution in [0.3, 0.4) is 0 Å². The van der Waals surface area contributed by atoms with Crippen molar-refractivity contribution >= 4 is 34.8 Å². The van der Waals surface area contributed by atoms with Crippen LogP contribution in [-0.2, 0) is 24.1 Å². The van der Waals surface area contributed by atoms with Crippen molar-refractivity contribution in [3.05, 3.63) is 29.8 Å². The summed E-state index contributed by atoms with van der Waals surface area (Å²) in [6.07, 6.45) is 3.83. The van der Waals surface area contributed by atoms with Crippen LogP contribution in [0, 0.1) is 6.92 Å².